The molecule has 0 aliphatic carbocycles. The molecular formula is C25H37N4O8P. The van der Waals surface area contributed by atoms with Crippen LogP contribution in [-0.2, 0) is 28.1 Å². The molecule has 1 aromatic heterocycles. The van der Waals surface area contributed by atoms with Gasteiger partial charge in [-0.2, -0.15) is 10.1 Å². The summed E-state index contributed by atoms with van der Waals surface area (Å²) < 4.78 is 43.0. The molecule has 1 fully saturated rings. The number of para-hydroxylation sites is 1. The summed E-state index contributed by atoms with van der Waals surface area (Å²) >= 11 is 0. The number of anilines is 1. The number of esters is 1. The van der Waals surface area contributed by atoms with Gasteiger partial charge in [-0.15, -0.1) is 0 Å². The van der Waals surface area contributed by atoms with E-state index in [1.54, 1.807) is 30.3 Å². The minimum atomic E-state index is -4.09. The Balaban J connectivity index is 1.62. The van der Waals surface area contributed by atoms with Crippen molar-refractivity contribution in [1.82, 2.24) is 14.6 Å². The van der Waals surface area contributed by atoms with Crippen molar-refractivity contribution in [3.05, 3.63) is 53.1 Å². The van der Waals surface area contributed by atoms with Crippen LogP contribution in [0.25, 0.3) is 0 Å². The minimum Gasteiger partial charge on any atom is -0.464 e. The van der Waals surface area contributed by atoms with Crippen molar-refractivity contribution in [2.45, 2.75) is 65.0 Å². The Morgan fingerprint density at radius 3 is 2.61 bits per heavy atom. The van der Waals surface area contributed by atoms with Crippen LogP contribution in [0.4, 0.5) is 5.82 Å². The second-order valence-electron chi connectivity index (χ2n) is 9.02. The quantitative estimate of drug-likeness (QED) is 0.246. The Hall–Kier alpha value is -2.76. The Morgan fingerprint density at radius 1 is 1.24 bits per heavy atom. The zero-order chi connectivity index (χ0) is 27.5. The molecule has 0 radical (unpaired) electrons. The van der Waals surface area contributed by atoms with Crippen molar-refractivity contribution in [3.8, 4) is 5.75 Å². The fraction of sp³-hybridized carbons (Fsp3) is 0.560. The number of hydrogen-bond donors (Lipinski definition) is 2. The van der Waals surface area contributed by atoms with Gasteiger partial charge in [-0.05, 0) is 43.9 Å². The van der Waals surface area contributed by atoms with Crippen LogP contribution in [0.3, 0.4) is 0 Å². The summed E-state index contributed by atoms with van der Waals surface area (Å²) in [5.74, 6) is 0.0824. The van der Waals surface area contributed by atoms with E-state index in [1.165, 1.54) is 23.8 Å². The van der Waals surface area contributed by atoms with Crippen LogP contribution < -0.4 is 21.0 Å². The molecule has 38 heavy (non-hydrogen) atoms. The third kappa shape index (κ3) is 8.92. The predicted octanol–water partition coefficient (Wildman–Crippen LogP) is 3.64. The zero-order valence-electron chi connectivity index (χ0n) is 22.0. The topological polar surface area (TPSA) is 153 Å². The smallest absolute Gasteiger partial charge is 0.459 e. The molecule has 12 nitrogen and oxygen atoms in total. The summed E-state index contributed by atoms with van der Waals surface area (Å²) in [5, 5.41) is 2.66. The van der Waals surface area contributed by atoms with Crippen LogP contribution in [0.1, 0.15) is 52.7 Å². The van der Waals surface area contributed by atoms with E-state index in [2.05, 4.69) is 23.9 Å². The number of nitrogens with one attached hydrogen (secondary N) is 1. The highest BCUT2D eigenvalue weighted by Crippen LogP contribution is 2.45. The molecule has 2 heterocycles. The molecule has 0 bridgehead atoms. The average Bonchev–Trinajstić information content (AvgIpc) is 3.35. The number of nitrogens with zero attached hydrogens (tertiary/aromatic N) is 2. The first-order chi connectivity index (χ1) is 18.2. The summed E-state index contributed by atoms with van der Waals surface area (Å²) in [5.41, 5.74) is 4.94. The van der Waals surface area contributed by atoms with Crippen molar-refractivity contribution in [2.75, 3.05) is 25.6 Å². The largest absolute Gasteiger partial charge is 0.464 e. The average molecular weight is 553 g/mol. The lowest BCUT2D eigenvalue weighted by atomic mass is 9.99. The Labute approximate surface area is 222 Å². The zero-order valence-corrected chi connectivity index (χ0v) is 22.9. The van der Waals surface area contributed by atoms with E-state index < -0.39 is 38.0 Å². The lowest BCUT2D eigenvalue weighted by Crippen LogP contribution is -2.36. The predicted molar refractivity (Wildman–Crippen MR) is 140 cm³/mol. The fourth-order valence-corrected chi connectivity index (χ4v) is 5.41. The molecule has 0 amide bonds. The first kappa shape index (κ1) is 29.8. The van der Waals surface area contributed by atoms with Crippen LogP contribution >= 0.6 is 7.75 Å². The highest BCUT2D eigenvalue weighted by Gasteiger charge is 2.36. The van der Waals surface area contributed by atoms with Gasteiger partial charge in [-0.25, -0.2) is 9.36 Å². The van der Waals surface area contributed by atoms with E-state index in [0.717, 1.165) is 25.7 Å². The third-order valence-corrected chi connectivity index (χ3v) is 7.45. The van der Waals surface area contributed by atoms with Gasteiger partial charge < -0.3 is 24.5 Å². The van der Waals surface area contributed by atoms with E-state index in [0.29, 0.717) is 6.61 Å². The summed E-state index contributed by atoms with van der Waals surface area (Å²) in [7, 11) is -4.09. The number of benzene rings is 1. The van der Waals surface area contributed by atoms with E-state index in [9.17, 15) is 14.2 Å². The number of aromatic nitrogens is 2. The molecule has 1 aliphatic rings. The van der Waals surface area contributed by atoms with Gasteiger partial charge in [0, 0.05) is 6.20 Å². The summed E-state index contributed by atoms with van der Waals surface area (Å²) in [4.78, 5) is 28.5. The highest BCUT2D eigenvalue weighted by molar-refractivity contribution is 7.52. The maximum atomic E-state index is 13.7. The first-order valence-corrected chi connectivity index (χ1v) is 14.3. The number of ether oxygens (including phenoxy) is 3. The van der Waals surface area contributed by atoms with Gasteiger partial charge in [0.05, 0.1) is 13.2 Å². The molecule has 1 aliphatic heterocycles. The SMILES string of the molecule is CCCC(CCC)COC(=O)[C@H](C)NP(=O)(OC[C@H]1OC[C@@H](n2ccc(N)nc2=O)O1)Oc1ccccc1. The van der Waals surface area contributed by atoms with Crippen molar-refractivity contribution in [3.63, 3.8) is 0 Å². The van der Waals surface area contributed by atoms with E-state index in [1.807, 2.05) is 0 Å². The van der Waals surface area contributed by atoms with Gasteiger partial charge in [-0.1, -0.05) is 44.9 Å². The van der Waals surface area contributed by atoms with E-state index >= 15 is 0 Å². The molecule has 4 atom stereocenters. The third-order valence-electron chi connectivity index (χ3n) is 5.81. The minimum absolute atomic E-state index is 0.0379. The molecule has 0 spiro atoms. The van der Waals surface area contributed by atoms with Crippen LogP contribution in [0.5, 0.6) is 5.75 Å². The van der Waals surface area contributed by atoms with Gasteiger partial charge in [0.1, 0.15) is 24.2 Å². The standard InChI is InChI=1S/C25H37N4O8P/c1-4-9-19(10-5-2)15-34-24(30)18(3)28-38(32,37-20-11-7-6-8-12-20)35-17-23-33-16-22(36-23)29-14-13-21(26)27-25(29)31/h6-8,11-14,18-19,22-23H,4-5,9-10,15-17H2,1-3H3,(H,28,32)(H2,26,27,31)/t18-,22-,23-,38?/m0/s1. The van der Waals surface area contributed by atoms with Gasteiger partial charge in [0.2, 0.25) is 0 Å². The lowest BCUT2D eigenvalue weighted by molar-refractivity contribution is -0.146. The number of hydrogen-bond acceptors (Lipinski definition) is 10. The number of carbonyl (C=O) groups excluding carboxylic acids is 1. The molecular weight excluding hydrogens is 515 g/mol. The number of carbonyl (C=O) groups is 1. The van der Waals surface area contributed by atoms with E-state index in [4.69, 9.17) is 29.0 Å². The van der Waals surface area contributed by atoms with Crippen LogP contribution in [0, 0.1) is 5.92 Å². The van der Waals surface area contributed by atoms with Gasteiger partial charge in [0.25, 0.3) is 0 Å². The lowest BCUT2D eigenvalue weighted by Gasteiger charge is -2.24. The summed E-state index contributed by atoms with van der Waals surface area (Å²) in [6.45, 7) is 5.74. The maximum absolute atomic E-state index is 13.7. The van der Waals surface area contributed by atoms with Gasteiger partial charge in [0.15, 0.2) is 12.5 Å². The second kappa shape index (κ2) is 14.4. The Morgan fingerprint density at radius 2 is 1.95 bits per heavy atom. The molecule has 13 heteroatoms. The molecule has 2 aromatic rings. The molecule has 3 N–H and O–H groups in total. The molecule has 1 saturated heterocycles. The monoisotopic (exact) mass is 552 g/mol. The Bertz CT molecular complexity index is 1130. The van der Waals surface area contributed by atoms with Crippen molar-refractivity contribution < 1.29 is 32.6 Å². The van der Waals surface area contributed by atoms with Gasteiger partial charge in [-0.3, -0.25) is 13.9 Å². The van der Waals surface area contributed by atoms with Crippen LogP contribution in [0.2, 0.25) is 0 Å². The molecule has 1 unspecified atom stereocenters. The molecule has 0 saturated carbocycles. The number of nitrogens with two attached hydrogens (primary N) is 1. The van der Waals surface area contributed by atoms with Crippen LogP contribution in [0.15, 0.2) is 47.4 Å². The molecule has 3 rings (SSSR count). The molecule has 1 aromatic carbocycles. The number of rotatable bonds is 15. The summed E-state index contributed by atoms with van der Waals surface area (Å²) in [6, 6.07) is 8.92. The van der Waals surface area contributed by atoms with Crippen molar-refractivity contribution in [1.29, 1.82) is 0 Å². The van der Waals surface area contributed by atoms with Gasteiger partial charge >= 0.3 is 19.4 Å². The molecule has 210 valence electrons. The maximum Gasteiger partial charge on any atom is 0.459 e. The highest BCUT2D eigenvalue weighted by atomic mass is 31.2. The normalized spacial score (nSPS) is 19.7. The second-order valence-corrected chi connectivity index (χ2v) is 10.7. The summed E-state index contributed by atoms with van der Waals surface area (Å²) in [6.07, 6.45) is 3.65. The first-order valence-electron chi connectivity index (χ1n) is 12.8. The van der Waals surface area contributed by atoms with Crippen molar-refractivity contribution >= 4 is 19.5 Å². The number of nitrogen functional groups attached to an aromatic ring is 1. The van der Waals surface area contributed by atoms with Crippen LogP contribution in [-0.4, -0.2) is 47.7 Å². The van der Waals surface area contributed by atoms with E-state index in [-0.39, 0.29) is 30.7 Å². The Kier molecular flexibility index (Phi) is 11.3. The fourth-order valence-electron chi connectivity index (χ4n) is 3.93. The van der Waals surface area contributed by atoms with Crippen molar-refractivity contribution in [2.24, 2.45) is 5.92 Å².